The van der Waals surface area contributed by atoms with Crippen molar-refractivity contribution in [3.8, 4) is 0 Å². The van der Waals surface area contributed by atoms with Crippen LogP contribution in [0, 0.1) is 0 Å². The SMILES string of the molecule is NNc1nc(NCCC(N)=O)c2ccsc2n1. The molecule has 0 atom stereocenters. The molecule has 6 N–H and O–H groups in total. The first-order chi connectivity index (χ1) is 8.20. The molecule has 0 bridgehead atoms. The van der Waals surface area contributed by atoms with Crippen molar-refractivity contribution in [2.45, 2.75) is 6.42 Å². The molecule has 0 radical (unpaired) electrons. The smallest absolute Gasteiger partial charge is 0.240 e. The lowest BCUT2D eigenvalue weighted by Gasteiger charge is -2.07. The van der Waals surface area contributed by atoms with Crippen molar-refractivity contribution in [1.29, 1.82) is 0 Å². The molecular weight excluding hydrogens is 240 g/mol. The number of hydrogen-bond donors (Lipinski definition) is 4. The first-order valence-corrected chi connectivity index (χ1v) is 5.82. The number of primary amides is 1. The number of nitrogens with two attached hydrogens (primary N) is 2. The molecule has 1 amide bonds. The predicted molar refractivity (Wildman–Crippen MR) is 67.5 cm³/mol. The Labute approximate surface area is 101 Å². The number of nitrogen functional groups attached to an aromatic ring is 1. The van der Waals surface area contributed by atoms with Gasteiger partial charge in [0.25, 0.3) is 0 Å². The molecule has 8 heteroatoms. The van der Waals surface area contributed by atoms with E-state index in [1.165, 1.54) is 11.3 Å². The van der Waals surface area contributed by atoms with Crippen molar-refractivity contribution in [3.05, 3.63) is 11.4 Å². The maximum absolute atomic E-state index is 10.6. The highest BCUT2D eigenvalue weighted by Crippen LogP contribution is 2.25. The zero-order valence-electron chi connectivity index (χ0n) is 8.93. The van der Waals surface area contributed by atoms with Crippen molar-refractivity contribution in [1.82, 2.24) is 9.97 Å². The number of aromatic nitrogens is 2. The molecule has 0 aliphatic carbocycles. The van der Waals surface area contributed by atoms with Crippen LogP contribution in [0.15, 0.2) is 11.4 Å². The number of nitrogens with zero attached hydrogens (tertiary/aromatic N) is 2. The van der Waals surface area contributed by atoms with E-state index in [-0.39, 0.29) is 12.3 Å². The number of thiophene rings is 1. The summed E-state index contributed by atoms with van der Waals surface area (Å²) < 4.78 is 0. The first-order valence-electron chi connectivity index (χ1n) is 4.94. The summed E-state index contributed by atoms with van der Waals surface area (Å²) in [6, 6.07) is 1.91. The van der Waals surface area contributed by atoms with E-state index in [1.54, 1.807) is 0 Å². The molecule has 0 spiro atoms. The second-order valence-electron chi connectivity index (χ2n) is 3.32. The van der Waals surface area contributed by atoms with Crippen LogP contribution in [-0.2, 0) is 4.79 Å². The Balaban J connectivity index is 2.24. The van der Waals surface area contributed by atoms with E-state index >= 15 is 0 Å². The van der Waals surface area contributed by atoms with Gasteiger partial charge in [0.05, 0.1) is 5.39 Å². The number of carbonyl (C=O) groups is 1. The van der Waals surface area contributed by atoms with Crippen LogP contribution < -0.4 is 22.3 Å². The molecule has 0 unspecified atom stereocenters. The third-order valence-electron chi connectivity index (χ3n) is 2.12. The fraction of sp³-hybridized carbons (Fsp3) is 0.222. The van der Waals surface area contributed by atoms with Gasteiger partial charge in [-0.1, -0.05) is 0 Å². The fourth-order valence-electron chi connectivity index (χ4n) is 1.36. The Bertz CT molecular complexity index is 539. The van der Waals surface area contributed by atoms with Crippen LogP contribution in [-0.4, -0.2) is 22.4 Å². The summed E-state index contributed by atoms with van der Waals surface area (Å²) in [5.74, 6) is 5.91. The largest absolute Gasteiger partial charge is 0.370 e. The third kappa shape index (κ3) is 2.60. The predicted octanol–water partition coefficient (Wildman–Crippen LogP) is 0.264. The maximum Gasteiger partial charge on any atom is 0.240 e. The van der Waals surface area contributed by atoms with Crippen LogP contribution >= 0.6 is 11.3 Å². The number of carbonyl (C=O) groups excluding carboxylic acids is 1. The quantitative estimate of drug-likeness (QED) is 0.448. The van der Waals surface area contributed by atoms with E-state index in [0.29, 0.717) is 18.3 Å². The Hall–Kier alpha value is -1.93. The van der Waals surface area contributed by atoms with Gasteiger partial charge in [-0.25, -0.2) is 10.8 Å². The zero-order valence-corrected chi connectivity index (χ0v) is 9.75. The van der Waals surface area contributed by atoms with Crippen molar-refractivity contribution < 1.29 is 4.79 Å². The van der Waals surface area contributed by atoms with E-state index in [0.717, 1.165) is 10.2 Å². The number of nitrogens with one attached hydrogen (secondary N) is 2. The summed E-state index contributed by atoms with van der Waals surface area (Å²) in [6.07, 6.45) is 0.251. The summed E-state index contributed by atoms with van der Waals surface area (Å²) in [5, 5.41) is 5.86. The van der Waals surface area contributed by atoms with Gasteiger partial charge < -0.3 is 11.1 Å². The van der Waals surface area contributed by atoms with Gasteiger partial charge in [0.2, 0.25) is 11.9 Å². The van der Waals surface area contributed by atoms with Crippen molar-refractivity contribution >= 4 is 39.2 Å². The van der Waals surface area contributed by atoms with Crippen LogP contribution in [0.2, 0.25) is 0 Å². The van der Waals surface area contributed by atoms with E-state index in [4.69, 9.17) is 11.6 Å². The molecule has 90 valence electrons. The van der Waals surface area contributed by atoms with E-state index in [2.05, 4.69) is 20.7 Å². The monoisotopic (exact) mass is 252 g/mol. The van der Waals surface area contributed by atoms with Crippen LogP contribution in [0.25, 0.3) is 10.2 Å². The summed E-state index contributed by atoms with van der Waals surface area (Å²) in [7, 11) is 0. The van der Waals surface area contributed by atoms with Gasteiger partial charge in [-0.3, -0.25) is 10.2 Å². The number of hydrazine groups is 1. The van der Waals surface area contributed by atoms with Crippen molar-refractivity contribution in [2.75, 3.05) is 17.3 Å². The lowest BCUT2D eigenvalue weighted by molar-refractivity contribution is -0.117. The molecule has 0 aromatic carbocycles. The molecule has 7 nitrogen and oxygen atoms in total. The minimum Gasteiger partial charge on any atom is -0.370 e. The summed E-state index contributed by atoms with van der Waals surface area (Å²) in [4.78, 5) is 19.9. The number of hydrogen-bond acceptors (Lipinski definition) is 7. The molecule has 2 heterocycles. The Morgan fingerprint density at radius 1 is 1.47 bits per heavy atom. The highest BCUT2D eigenvalue weighted by molar-refractivity contribution is 7.16. The van der Waals surface area contributed by atoms with Crippen LogP contribution in [0.4, 0.5) is 11.8 Å². The molecule has 2 rings (SSSR count). The van der Waals surface area contributed by atoms with Gasteiger partial charge in [0, 0.05) is 13.0 Å². The number of amides is 1. The Morgan fingerprint density at radius 2 is 2.29 bits per heavy atom. The normalized spacial score (nSPS) is 10.4. The van der Waals surface area contributed by atoms with Crippen LogP contribution in [0.5, 0.6) is 0 Å². The van der Waals surface area contributed by atoms with Gasteiger partial charge in [0.15, 0.2) is 0 Å². The number of rotatable bonds is 5. The fourth-order valence-corrected chi connectivity index (χ4v) is 2.12. The lowest BCUT2D eigenvalue weighted by atomic mass is 10.3. The van der Waals surface area contributed by atoms with Crippen LogP contribution in [0.1, 0.15) is 6.42 Å². The molecule has 2 aromatic rings. The van der Waals surface area contributed by atoms with Crippen LogP contribution in [0.3, 0.4) is 0 Å². The average Bonchev–Trinajstić information content (AvgIpc) is 2.76. The standard InChI is InChI=1S/C9H12N6OS/c10-6(16)1-3-12-7-5-2-4-17-8(5)14-9(13-7)15-11/h2,4H,1,3,11H2,(H2,10,16)(H2,12,13,14,15). The summed E-state index contributed by atoms with van der Waals surface area (Å²) in [6.45, 7) is 0.432. The average molecular weight is 252 g/mol. The van der Waals surface area contributed by atoms with Gasteiger partial charge in [-0.2, -0.15) is 4.98 Å². The molecule has 17 heavy (non-hydrogen) atoms. The second kappa shape index (κ2) is 4.93. The second-order valence-corrected chi connectivity index (χ2v) is 4.22. The zero-order chi connectivity index (χ0) is 12.3. The van der Waals surface area contributed by atoms with E-state index in [1.807, 2.05) is 11.4 Å². The molecule has 0 saturated heterocycles. The highest BCUT2D eigenvalue weighted by Gasteiger charge is 2.08. The molecule has 0 aliphatic rings. The topological polar surface area (TPSA) is 119 Å². The third-order valence-corrected chi connectivity index (χ3v) is 2.92. The first kappa shape index (κ1) is 11.6. The van der Waals surface area contributed by atoms with Gasteiger partial charge in [0.1, 0.15) is 10.6 Å². The van der Waals surface area contributed by atoms with Gasteiger partial charge in [-0.15, -0.1) is 11.3 Å². The minimum absolute atomic E-state index is 0.251. The van der Waals surface area contributed by atoms with Gasteiger partial charge in [-0.05, 0) is 11.4 Å². The minimum atomic E-state index is -0.356. The Kier molecular flexibility index (Phi) is 3.35. The number of anilines is 2. The van der Waals surface area contributed by atoms with Gasteiger partial charge >= 0.3 is 0 Å². The lowest BCUT2D eigenvalue weighted by Crippen LogP contribution is -2.17. The maximum atomic E-state index is 10.6. The van der Waals surface area contributed by atoms with Crippen molar-refractivity contribution in [3.63, 3.8) is 0 Å². The van der Waals surface area contributed by atoms with E-state index < -0.39 is 0 Å². The molecule has 0 aliphatic heterocycles. The molecule has 0 saturated carbocycles. The van der Waals surface area contributed by atoms with E-state index in [9.17, 15) is 4.79 Å². The van der Waals surface area contributed by atoms with Crippen molar-refractivity contribution in [2.24, 2.45) is 11.6 Å². The molecule has 0 fully saturated rings. The summed E-state index contributed by atoms with van der Waals surface area (Å²) >= 11 is 1.49. The highest BCUT2D eigenvalue weighted by atomic mass is 32.1. The summed E-state index contributed by atoms with van der Waals surface area (Å²) in [5.41, 5.74) is 7.46. The Morgan fingerprint density at radius 3 is 3.00 bits per heavy atom. The number of fused-ring (bicyclic) bond motifs is 1. The molecular formula is C9H12N6OS. The molecule has 2 aromatic heterocycles.